The van der Waals surface area contributed by atoms with Gasteiger partial charge in [-0.25, -0.2) is 8.78 Å². The summed E-state index contributed by atoms with van der Waals surface area (Å²) in [4.78, 5) is 12.1. The Morgan fingerprint density at radius 3 is 2.62 bits per heavy atom. The Kier molecular flexibility index (Phi) is 9.66. The molecule has 1 aromatic heterocycles. The van der Waals surface area contributed by atoms with E-state index >= 15 is 0 Å². The number of ether oxygens (including phenoxy) is 1. The van der Waals surface area contributed by atoms with Crippen molar-refractivity contribution in [1.82, 2.24) is 4.57 Å². The topological polar surface area (TPSA) is 31.2 Å². The number of rotatable bonds is 6. The number of halogens is 4. The van der Waals surface area contributed by atoms with Crippen molar-refractivity contribution in [1.29, 1.82) is 0 Å². The molecule has 1 aromatic carbocycles. The van der Waals surface area contributed by atoms with Crippen molar-refractivity contribution in [2.24, 2.45) is 0 Å². The number of nitrogens with zero attached hydrogens (tertiary/aromatic N) is 1. The molecule has 0 unspecified atom stereocenters. The molecule has 0 bridgehead atoms. The molecule has 0 fully saturated rings. The SMILES string of the molecule is CSCOc1ccc(-c2[c-]cc(Br)c(=O)n2CC(F)F)c(Br)c1.[Y]. The van der Waals surface area contributed by atoms with Gasteiger partial charge in [-0.15, -0.1) is 33.8 Å². The number of aromatic nitrogens is 1. The Labute approximate surface area is 184 Å². The first-order valence-corrected chi connectivity index (χ1v) is 9.43. The minimum absolute atomic E-state index is 0. The molecule has 0 amide bonds. The fraction of sp³-hybridized carbons (Fsp3) is 0.267. The van der Waals surface area contributed by atoms with Gasteiger partial charge in [-0.05, 0) is 27.3 Å². The van der Waals surface area contributed by atoms with Gasteiger partial charge in [0.25, 0.3) is 6.43 Å². The van der Waals surface area contributed by atoms with Crippen molar-refractivity contribution in [2.75, 3.05) is 12.2 Å². The maximum absolute atomic E-state index is 12.8. The minimum atomic E-state index is -2.64. The Morgan fingerprint density at radius 1 is 1.33 bits per heavy atom. The van der Waals surface area contributed by atoms with E-state index in [9.17, 15) is 13.6 Å². The number of alkyl halides is 2. The zero-order chi connectivity index (χ0) is 17.0. The Hall–Kier alpha value is 0.244. The van der Waals surface area contributed by atoms with Gasteiger partial charge in [0.05, 0.1) is 6.54 Å². The van der Waals surface area contributed by atoms with Gasteiger partial charge in [0, 0.05) is 32.7 Å². The molecule has 2 aromatic rings. The summed E-state index contributed by atoms with van der Waals surface area (Å²) >= 11 is 7.99. The molecule has 0 aliphatic carbocycles. The second-order valence-corrected chi connectivity index (χ2v) is 7.01. The summed E-state index contributed by atoms with van der Waals surface area (Å²) in [7, 11) is 0. The molecule has 2 rings (SSSR count). The maximum Gasteiger partial charge on any atom is 0.256 e. The average molecular weight is 557 g/mol. The van der Waals surface area contributed by atoms with Gasteiger partial charge in [0.15, 0.2) is 0 Å². The first-order chi connectivity index (χ1) is 10.9. The van der Waals surface area contributed by atoms with E-state index in [1.807, 2.05) is 6.26 Å². The third-order valence-electron chi connectivity index (χ3n) is 2.91. The van der Waals surface area contributed by atoms with Crippen LogP contribution in [0.5, 0.6) is 5.75 Å². The molecule has 127 valence electrons. The van der Waals surface area contributed by atoms with Crippen LogP contribution >= 0.6 is 43.6 Å². The quantitative estimate of drug-likeness (QED) is 0.378. The molecule has 0 saturated carbocycles. The summed E-state index contributed by atoms with van der Waals surface area (Å²) in [6.45, 7) is -0.693. The molecule has 0 saturated heterocycles. The van der Waals surface area contributed by atoms with Gasteiger partial charge >= 0.3 is 0 Å². The third-order valence-corrected chi connectivity index (χ3v) is 4.49. The summed E-state index contributed by atoms with van der Waals surface area (Å²) in [6, 6.07) is 9.48. The van der Waals surface area contributed by atoms with Crippen LogP contribution in [0.1, 0.15) is 0 Å². The van der Waals surface area contributed by atoms with Crippen LogP contribution in [0.25, 0.3) is 11.3 Å². The molecule has 0 atom stereocenters. The van der Waals surface area contributed by atoms with Gasteiger partial charge < -0.3 is 9.30 Å². The van der Waals surface area contributed by atoms with Crippen molar-refractivity contribution in [3.05, 3.63) is 49.6 Å². The Balaban J connectivity index is 0.00000288. The van der Waals surface area contributed by atoms with Crippen LogP contribution in [0.2, 0.25) is 0 Å². The fourth-order valence-corrected chi connectivity index (χ4v) is 3.07. The predicted octanol–water partition coefficient (Wildman–Crippen LogP) is 4.80. The number of pyridine rings is 1. The standard InChI is InChI=1S/C15H12Br2F2NO2S.Y/c1-23-8-22-9-2-3-10(12(17)6-9)13-5-4-11(16)15(21)20(13)7-14(18)19;/h2-4,6,14H,7-8H2,1H3;/q-1;. The maximum atomic E-state index is 12.8. The fourth-order valence-electron chi connectivity index (χ4n) is 1.94. The van der Waals surface area contributed by atoms with Crippen LogP contribution < -0.4 is 10.3 Å². The third kappa shape index (κ3) is 5.63. The van der Waals surface area contributed by atoms with Crippen LogP contribution in [0.3, 0.4) is 0 Å². The van der Waals surface area contributed by atoms with Crippen LogP contribution in [0.15, 0.2) is 38.0 Å². The van der Waals surface area contributed by atoms with Crippen LogP contribution in [-0.4, -0.2) is 23.2 Å². The number of thioether (sulfide) groups is 1. The van der Waals surface area contributed by atoms with Crippen molar-refractivity contribution >= 4 is 43.6 Å². The van der Waals surface area contributed by atoms with E-state index in [0.29, 0.717) is 27.4 Å². The van der Waals surface area contributed by atoms with Crippen LogP contribution in [0, 0.1) is 6.07 Å². The normalized spacial score (nSPS) is 10.6. The van der Waals surface area contributed by atoms with Crippen LogP contribution in [-0.2, 0) is 39.3 Å². The number of hydrogen-bond donors (Lipinski definition) is 0. The van der Waals surface area contributed by atoms with E-state index in [4.69, 9.17) is 4.74 Å². The van der Waals surface area contributed by atoms with Crippen molar-refractivity contribution < 1.29 is 46.2 Å². The summed E-state index contributed by atoms with van der Waals surface area (Å²) in [6.07, 6.45) is -0.722. The van der Waals surface area contributed by atoms with Gasteiger partial charge in [-0.2, -0.15) is 12.1 Å². The largest absolute Gasteiger partial charge is 0.483 e. The van der Waals surface area contributed by atoms with Crippen molar-refractivity contribution in [3.8, 4) is 17.0 Å². The van der Waals surface area contributed by atoms with E-state index < -0.39 is 18.5 Å². The number of hydrogen-bond acceptors (Lipinski definition) is 3. The predicted molar refractivity (Wildman–Crippen MR) is 95.4 cm³/mol. The van der Waals surface area contributed by atoms with E-state index in [1.165, 1.54) is 17.8 Å². The second kappa shape index (κ2) is 10.4. The monoisotopic (exact) mass is 555 g/mol. The summed E-state index contributed by atoms with van der Waals surface area (Å²) in [5.41, 5.74) is 0.363. The van der Waals surface area contributed by atoms with Gasteiger partial charge in [0.2, 0.25) is 5.56 Å². The molecular formula is C15H12Br2F2NO2SY-. The average Bonchev–Trinajstić information content (AvgIpc) is 2.50. The number of benzene rings is 1. The smallest absolute Gasteiger partial charge is 0.256 e. The molecule has 0 aliphatic rings. The zero-order valence-corrected chi connectivity index (χ0v) is 19.4. The van der Waals surface area contributed by atoms with E-state index in [2.05, 4.69) is 37.9 Å². The molecule has 0 spiro atoms. The Bertz CT molecular complexity index is 759. The molecule has 0 N–H and O–H groups in total. The summed E-state index contributed by atoms with van der Waals surface area (Å²) in [5.74, 6) is 1.15. The zero-order valence-electron chi connectivity index (χ0n) is 12.6. The van der Waals surface area contributed by atoms with E-state index in [-0.39, 0.29) is 37.2 Å². The van der Waals surface area contributed by atoms with Crippen LogP contribution in [0.4, 0.5) is 8.78 Å². The molecule has 1 radical (unpaired) electrons. The summed E-state index contributed by atoms with van der Waals surface area (Å²) in [5, 5.41) is 0. The van der Waals surface area contributed by atoms with Gasteiger partial charge in [-0.3, -0.25) is 4.79 Å². The summed E-state index contributed by atoms with van der Waals surface area (Å²) < 4.78 is 32.9. The first kappa shape index (κ1) is 22.3. The molecule has 3 nitrogen and oxygen atoms in total. The van der Waals surface area contributed by atoms with Crippen molar-refractivity contribution in [3.63, 3.8) is 0 Å². The molecule has 1 heterocycles. The Morgan fingerprint density at radius 2 is 2.04 bits per heavy atom. The van der Waals surface area contributed by atoms with E-state index in [0.717, 1.165) is 4.57 Å². The molecule has 0 aliphatic heterocycles. The first-order valence-electron chi connectivity index (χ1n) is 6.45. The van der Waals surface area contributed by atoms with E-state index in [1.54, 1.807) is 18.2 Å². The van der Waals surface area contributed by atoms with Gasteiger partial charge in [-0.1, -0.05) is 27.2 Å². The minimum Gasteiger partial charge on any atom is -0.483 e. The van der Waals surface area contributed by atoms with Gasteiger partial charge in [0.1, 0.15) is 11.7 Å². The van der Waals surface area contributed by atoms with Crippen molar-refractivity contribution in [2.45, 2.75) is 13.0 Å². The molecular weight excluding hydrogens is 545 g/mol. The molecule has 24 heavy (non-hydrogen) atoms. The second-order valence-electron chi connectivity index (χ2n) is 4.48. The molecule has 9 heteroatoms.